The second kappa shape index (κ2) is 8.40. The Hall–Kier alpha value is -1.25. The van der Waals surface area contributed by atoms with Crippen molar-refractivity contribution in [2.24, 2.45) is 11.8 Å². The molecule has 1 aromatic rings. The average molecular weight is 308 g/mol. The SMILES string of the molecule is CCC[C@H]1CC[C@H](CCC(F)C(=O)c2ccccc2)C(F)C1. The van der Waals surface area contributed by atoms with E-state index >= 15 is 0 Å². The number of carbonyl (C=O) groups is 1. The van der Waals surface area contributed by atoms with Gasteiger partial charge in [0, 0.05) is 5.56 Å². The summed E-state index contributed by atoms with van der Waals surface area (Å²) in [5.74, 6) is -0.0611. The maximum absolute atomic E-state index is 14.2. The molecule has 0 spiro atoms. The van der Waals surface area contributed by atoms with E-state index in [4.69, 9.17) is 0 Å². The summed E-state index contributed by atoms with van der Waals surface area (Å²) in [5.41, 5.74) is 0.401. The quantitative estimate of drug-likeness (QED) is 0.604. The van der Waals surface area contributed by atoms with Crippen LogP contribution in [0.1, 0.15) is 62.2 Å². The van der Waals surface area contributed by atoms with Crippen molar-refractivity contribution in [3.05, 3.63) is 35.9 Å². The number of Topliss-reactive ketones (excluding diaryl/α,β-unsaturated/α-hetero) is 1. The summed E-state index contributed by atoms with van der Waals surface area (Å²) in [7, 11) is 0. The van der Waals surface area contributed by atoms with Crippen molar-refractivity contribution in [1.82, 2.24) is 0 Å². The Kier molecular flexibility index (Phi) is 6.53. The maximum atomic E-state index is 14.2. The van der Waals surface area contributed by atoms with E-state index in [2.05, 4.69) is 6.92 Å². The van der Waals surface area contributed by atoms with Crippen LogP contribution >= 0.6 is 0 Å². The van der Waals surface area contributed by atoms with Crippen LogP contribution in [0.15, 0.2) is 30.3 Å². The fourth-order valence-electron chi connectivity index (χ4n) is 3.53. The zero-order valence-corrected chi connectivity index (χ0v) is 13.3. The molecule has 1 nitrogen and oxygen atoms in total. The van der Waals surface area contributed by atoms with E-state index in [1.165, 1.54) is 0 Å². The lowest BCUT2D eigenvalue weighted by Crippen LogP contribution is -2.27. The van der Waals surface area contributed by atoms with E-state index in [0.29, 0.717) is 24.3 Å². The average Bonchev–Trinajstić information content (AvgIpc) is 2.54. The van der Waals surface area contributed by atoms with Crippen LogP contribution < -0.4 is 0 Å². The van der Waals surface area contributed by atoms with E-state index in [-0.39, 0.29) is 12.3 Å². The van der Waals surface area contributed by atoms with Crippen LogP contribution in [0.4, 0.5) is 8.78 Å². The zero-order valence-electron chi connectivity index (χ0n) is 13.3. The molecule has 2 unspecified atom stereocenters. The predicted molar refractivity (Wildman–Crippen MR) is 85.5 cm³/mol. The molecule has 122 valence electrons. The lowest BCUT2D eigenvalue weighted by atomic mass is 9.76. The smallest absolute Gasteiger partial charge is 0.196 e. The number of halogens is 2. The third kappa shape index (κ3) is 4.62. The van der Waals surface area contributed by atoms with Gasteiger partial charge in [-0.05, 0) is 43.9 Å². The molecule has 1 aromatic carbocycles. The third-order valence-electron chi connectivity index (χ3n) is 4.85. The van der Waals surface area contributed by atoms with Gasteiger partial charge in [0.05, 0.1) is 0 Å². The molecule has 2 rings (SSSR count). The van der Waals surface area contributed by atoms with Crippen molar-refractivity contribution in [2.45, 2.75) is 64.2 Å². The Balaban J connectivity index is 1.79. The van der Waals surface area contributed by atoms with Gasteiger partial charge in [0.1, 0.15) is 6.17 Å². The molecule has 1 fully saturated rings. The predicted octanol–water partition coefficient (Wildman–Crippen LogP) is 5.54. The van der Waals surface area contributed by atoms with Crippen LogP contribution in [0.2, 0.25) is 0 Å². The van der Waals surface area contributed by atoms with Gasteiger partial charge in [-0.1, -0.05) is 50.1 Å². The summed E-state index contributed by atoms with van der Waals surface area (Å²) in [6.07, 6.45) is 2.94. The molecule has 1 aliphatic carbocycles. The minimum Gasteiger partial charge on any atom is -0.291 e. The Morgan fingerprint density at radius 2 is 1.95 bits per heavy atom. The highest BCUT2D eigenvalue weighted by Gasteiger charge is 2.31. The minimum atomic E-state index is -1.51. The van der Waals surface area contributed by atoms with Crippen molar-refractivity contribution < 1.29 is 13.6 Å². The fourth-order valence-corrected chi connectivity index (χ4v) is 3.53. The number of carbonyl (C=O) groups excluding carboxylic acids is 1. The van der Waals surface area contributed by atoms with Crippen LogP contribution in [0.3, 0.4) is 0 Å². The summed E-state index contributed by atoms with van der Waals surface area (Å²) < 4.78 is 28.3. The van der Waals surface area contributed by atoms with Crippen molar-refractivity contribution >= 4 is 5.78 Å². The van der Waals surface area contributed by atoms with Gasteiger partial charge >= 0.3 is 0 Å². The van der Waals surface area contributed by atoms with Crippen molar-refractivity contribution in [3.8, 4) is 0 Å². The van der Waals surface area contributed by atoms with E-state index in [1.807, 2.05) is 0 Å². The number of hydrogen-bond donors (Lipinski definition) is 0. The Bertz CT molecular complexity index is 460. The van der Waals surface area contributed by atoms with Crippen molar-refractivity contribution in [3.63, 3.8) is 0 Å². The molecule has 0 radical (unpaired) electrons. The summed E-state index contributed by atoms with van der Waals surface area (Å²) in [5, 5.41) is 0. The van der Waals surface area contributed by atoms with Gasteiger partial charge in [-0.2, -0.15) is 0 Å². The lowest BCUT2D eigenvalue weighted by Gasteiger charge is -2.31. The molecule has 0 aliphatic heterocycles. The van der Waals surface area contributed by atoms with Gasteiger partial charge in [-0.25, -0.2) is 8.78 Å². The Labute approximate surface area is 132 Å². The number of ketones is 1. The van der Waals surface area contributed by atoms with Crippen molar-refractivity contribution in [2.75, 3.05) is 0 Å². The molecule has 0 N–H and O–H groups in total. The first-order valence-electron chi connectivity index (χ1n) is 8.49. The monoisotopic (exact) mass is 308 g/mol. The molecule has 0 aromatic heterocycles. The highest BCUT2D eigenvalue weighted by molar-refractivity contribution is 5.99. The van der Waals surface area contributed by atoms with Gasteiger partial charge in [-0.3, -0.25) is 4.79 Å². The third-order valence-corrected chi connectivity index (χ3v) is 4.85. The molecule has 0 amide bonds. The molecule has 0 bridgehead atoms. The molecule has 1 saturated carbocycles. The van der Waals surface area contributed by atoms with Gasteiger partial charge in [0.15, 0.2) is 12.0 Å². The highest BCUT2D eigenvalue weighted by Crippen LogP contribution is 2.36. The summed E-state index contributed by atoms with van der Waals surface area (Å²) in [6.45, 7) is 2.13. The van der Waals surface area contributed by atoms with Crippen LogP contribution in [0.25, 0.3) is 0 Å². The molecular weight excluding hydrogens is 282 g/mol. The highest BCUT2D eigenvalue weighted by atomic mass is 19.1. The number of alkyl halides is 2. The molecule has 0 saturated heterocycles. The van der Waals surface area contributed by atoms with E-state index in [0.717, 1.165) is 25.7 Å². The molecule has 3 heteroatoms. The number of rotatable bonds is 7. The van der Waals surface area contributed by atoms with Crippen LogP contribution in [-0.4, -0.2) is 18.1 Å². The van der Waals surface area contributed by atoms with Gasteiger partial charge in [0.25, 0.3) is 0 Å². The molecule has 1 aliphatic rings. The van der Waals surface area contributed by atoms with Gasteiger partial charge < -0.3 is 0 Å². The summed E-state index contributed by atoms with van der Waals surface area (Å²) in [6, 6.07) is 8.51. The van der Waals surface area contributed by atoms with E-state index < -0.39 is 18.1 Å². The Morgan fingerprint density at radius 3 is 2.59 bits per heavy atom. The maximum Gasteiger partial charge on any atom is 0.196 e. The second-order valence-electron chi connectivity index (χ2n) is 6.52. The number of benzene rings is 1. The molecule has 0 heterocycles. The zero-order chi connectivity index (χ0) is 15.9. The molecule has 4 atom stereocenters. The van der Waals surface area contributed by atoms with Crippen molar-refractivity contribution in [1.29, 1.82) is 0 Å². The standard InChI is InChI=1S/C19H26F2O/c1-2-6-14-9-10-15(18(21)13-14)11-12-17(20)19(22)16-7-4-3-5-8-16/h3-5,7-8,14-15,17-18H,2,6,9-13H2,1H3/t14-,15+,17?,18?/m0/s1. The summed E-state index contributed by atoms with van der Waals surface area (Å²) in [4.78, 5) is 12.0. The lowest BCUT2D eigenvalue weighted by molar-refractivity contribution is 0.0812. The molecular formula is C19H26F2O. The first-order valence-corrected chi connectivity index (χ1v) is 8.49. The fraction of sp³-hybridized carbons (Fsp3) is 0.632. The van der Waals surface area contributed by atoms with Crippen LogP contribution in [-0.2, 0) is 0 Å². The first-order chi connectivity index (χ1) is 10.6. The van der Waals surface area contributed by atoms with Gasteiger partial charge in [0.2, 0.25) is 0 Å². The van der Waals surface area contributed by atoms with E-state index in [1.54, 1.807) is 30.3 Å². The van der Waals surface area contributed by atoms with E-state index in [9.17, 15) is 13.6 Å². The number of hydrogen-bond acceptors (Lipinski definition) is 1. The summed E-state index contributed by atoms with van der Waals surface area (Å²) >= 11 is 0. The normalized spacial score (nSPS) is 26.6. The first kappa shape index (κ1) is 17.1. The largest absolute Gasteiger partial charge is 0.291 e. The molecule has 22 heavy (non-hydrogen) atoms. The van der Waals surface area contributed by atoms with Gasteiger partial charge in [-0.15, -0.1) is 0 Å². The van der Waals surface area contributed by atoms with Crippen LogP contribution in [0.5, 0.6) is 0 Å². The Morgan fingerprint density at radius 1 is 1.23 bits per heavy atom. The topological polar surface area (TPSA) is 17.1 Å². The minimum absolute atomic E-state index is 0.0741. The van der Waals surface area contributed by atoms with Crippen LogP contribution in [0, 0.1) is 11.8 Å². The second-order valence-corrected chi connectivity index (χ2v) is 6.52.